The highest BCUT2D eigenvalue weighted by Gasteiger charge is 2.21. The Morgan fingerprint density at radius 1 is 1.38 bits per heavy atom. The van der Waals surface area contributed by atoms with E-state index in [1.165, 1.54) is 6.92 Å². The fourth-order valence-corrected chi connectivity index (χ4v) is 1.09. The second-order valence-electron chi connectivity index (χ2n) is 3.07. The molecule has 0 bridgehead atoms. The van der Waals surface area contributed by atoms with Gasteiger partial charge in [0.1, 0.15) is 12.4 Å². The van der Waals surface area contributed by atoms with Crippen LogP contribution < -0.4 is 0 Å². The van der Waals surface area contributed by atoms with Gasteiger partial charge >= 0.3 is 11.9 Å². The van der Waals surface area contributed by atoms with Crippen LogP contribution in [0, 0.1) is 6.92 Å². The van der Waals surface area contributed by atoms with Gasteiger partial charge in [-0.1, -0.05) is 5.16 Å². The molecule has 0 saturated heterocycles. The molecule has 0 spiro atoms. The Bertz CT molecular complexity index is 396. The third-order valence-electron chi connectivity index (χ3n) is 1.87. The van der Waals surface area contributed by atoms with Crippen molar-refractivity contribution in [3.05, 3.63) is 17.0 Å². The van der Waals surface area contributed by atoms with Crippen LogP contribution in [0.3, 0.4) is 0 Å². The quantitative estimate of drug-likeness (QED) is 0.719. The van der Waals surface area contributed by atoms with E-state index in [0.717, 1.165) is 0 Å². The summed E-state index contributed by atoms with van der Waals surface area (Å²) < 4.78 is 14.4. The number of hydrogen-bond acceptors (Lipinski definition) is 6. The zero-order valence-electron chi connectivity index (χ0n) is 9.40. The van der Waals surface area contributed by atoms with Gasteiger partial charge in [-0.05, 0) is 13.8 Å². The Morgan fingerprint density at radius 3 is 2.62 bits per heavy atom. The molecule has 0 aliphatic rings. The van der Waals surface area contributed by atoms with Gasteiger partial charge in [-0.2, -0.15) is 0 Å². The van der Waals surface area contributed by atoms with Gasteiger partial charge in [-0.25, -0.2) is 4.79 Å². The van der Waals surface area contributed by atoms with Crippen LogP contribution in [0.15, 0.2) is 4.52 Å². The summed E-state index contributed by atoms with van der Waals surface area (Å²) in [6.45, 7) is 4.81. The lowest BCUT2D eigenvalue weighted by molar-refractivity contribution is -0.142. The van der Waals surface area contributed by atoms with Crippen LogP contribution in [-0.4, -0.2) is 23.7 Å². The molecule has 6 nitrogen and oxygen atoms in total. The molecule has 0 atom stereocenters. The molecule has 0 aromatic carbocycles. The molecule has 0 saturated carbocycles. The number of aromatic nitrogens is 1. The monoisotopic (exact) mass is 227 g/mol. The van der Waals surface area contributed by atoms with Gasteiger partial charge in [0.15, 0.2) is 5.69 Å². The van der Waals surface area contributed by atoms with Crippen molar-refractivity contribution < 1.29 is 23.6 Å². The number of hydrogen-bond donors (Lipinski definition) is 0. The average molecular weight is 227 g/mol. The number of esters is 2. The summed E-state index contributed by atoms with van der Waals surface area (Å²) in [7, 11) is 0. The van der Waals surface area contributed by atoms with Crippen molar-refractivity contribution in [2.24, 2.45) is 0 Å². The standard InChI is InChI=1S/C10H13NO5/c1-4-14-10(13)9-8(5-15-7(3)12)6(2)16-11-9/h4-5H2,1-3H3. The van der Waals surface area contributed by atoms with Gasteiger partial charge in [0.2, 0.25) is 0 Å². The second-order valence-corrected chi connectivity index (χ2v) is 3.07. The topological polar surface area (TPSA) is 78.6 Å². The third-order valence-corrected chi connectivity index (χ3v) is 1.87. The molecule has 0 amide bonds. The van der Waals surface area contributed by atoms with Crippen LogP contribution >= 0.6 is 0 Å². The van der Waals surface area contributed by atoms with Crippen molar-refractivity contribution in [2.75, 3.05) is 6.61 Å². The molecule has 88 valence electrons. The first-order valence-corrected chi connectivity index (χ1v) is 4.81. The van der Waals surface area contributed by atoms with Gasteiger partial charge < -0.3 is 14.0 Å². The highest BCUT2D eigenvalue weighted by molar-refractivity contribution is 5.89. The minimum Gasteiger partial charge on any atom is -0.461 e. The molecule has 16 heavy (non-hydrogen) atoms. The first-order chi connectivity index (χ1) is 7.56. The van der Waals surface area contributed by atoms with Crippen LogP contribution in [-0.2, 0) is 20.9 Å². The Kier molecular flexibility index (Phi) is 4.04. The second kappa shape index (κ2) is 5.29. The predicted octanol–water partition coefficient (Wildman–Crippen LogP) is 1.22. The van der Waals surface area contributed by atoms with E-state index in [4.69, 9.17) is 14.0 Å². The summed E-state index contributed by atoms with van der Waals surface area (Å²) in [6, 6.07) is 0. The fourth-order valence-electron chi connectivity index (χ4n) is 1.09. The van der Waals surface area contributed by atoms with E-state index >= 15 is 0 Å². The Morgan fingerprint density at radius 2 is 2.06 bits per heavy atom. The molecule has 0 unspecified atom stereocenters. The normalized spacial score (nSPS) is 9.94. The Labute approximate surface area is 92.5 Å². The first kappa shape index (κ1) is 12.2. The summed E-state index contributed by atoms with van der Waals surface area (Å²) in [4.78, 5) is 22.1. The van der Waals surface area contributed by atoms with E-state index in [1.807, 2.05) is 0 Å². The summed E-state index contributed by atoms with van der Waals surface area (Å²) in [5, 5.41) is 3.57. The molecule has 0 aliphatic heterocycles. The fraction of sp³-hybridized carbons (Fsp3) is 0.500. The van der Waals surface area contributed by atoms with E-state index in [1.54, 1.807) is 13.8 Å². The highest BCUT2D eigenvalue weighted by Crippen LogP contribution is 2.15. The Balaban J connectivity index is 2.85. The lowest BCUT2D eigenvalue weighted by Crippen LogP contribution is -2.10. The molecule has 0 N–H and O–H groups in total. The maximum Gasteiger partial charge on any atom is 0.360 e. The number of ether oxygens (including phenoxy) is 2. The summed E-state index contributed by atoms with van der Waals surface area (Å²) >= 11 is 0. The molecule has 1 rings (SSSR count). The molecular formula is C10H13NO5. The van der Waals surface area contributed by atoms with E-state index in [0.29, 0.717) is 11.3 Å². The number of rotatable bonds is 4. The molecule has 0 fully saturated rings. The summed E-state index contributed by atoms with van der Waals surface area (Å²) in [6.07, 6.45) is 0. The van der Waals surface area contributed by atoms with Crippen LogP contribution in [0.1, 0.15) is 35.7 Å². The van der Waals surface area contributed by atoms with Crippen molar-refractivity contribution in [1.82, 2.24) is 5.16 Å². The van der Waals surface area contributed by atoms with Crippen molar-refractivity contribution in [3.63, 3.8) is 0 Å². The highest BCUT2D eigenvalue weighted by atomic mass is 16.5. The van der Waals surface area contributed by atoms with Crippen LogP contribution in [0.4, 0.5) is 0 Å². The van der Waals surface area contributed by atoms with E-state index in [-0.39, 0.29) is 18.9 Å². The number of nitrogens with zero attached hydrogens (tertiary/aromatic N) is 1. The van der Waals surface area contributed by atoms with Gasteiger partial charge in [0.25, 0.3) is 0 Å². The number of carbonyl (C=O) groups is 2. The molecular weight excluding hydrogens is 214 g/mol. The average Bonchev–Trinajstić information content (AvgIpc) is 2.57. The molecule has 1 heterocycles. The first-order valence-electron chi connectivity index (χ1n) is 4.81. The molecule has 0 radical (unpaired) electrons. The van der Waals surface area contributed by atoms with E-state index < -0.39 is 11.9 Å². The van der Waals surface area contributed by atoms with Crippen molar-refractivity contribution in [1.29, 1.82) is 0 Å². The van der Waals surface area contributed by atoms with Crippen LogP contribution in [0.2, 0.25) is 0 Å². The lowest BCUT2D eigenvalue weighted by atomic mass is 10.2. The van der Waals surface area contributed by atoms with Gasteiger partial charge in [-0.15, -0.1) is 0 Å². The SMILES string of the molecule is CCOC(=O)c1noc(C)c1COC(C)=O. The lowest BCUT2D eigenvalue weighted by Gasteiger charge is -2.02. The number of carbonyl (C=O) groups excluding carboxylic acids is 2. The summed E-state index contributed by atoms with van der Waals surface area (Å²) in [5.41, 5.74) is 0.495. The van der Waals surface area contributed by atoms with Crippen molar-refractivity contribution in [2.45, 2.75) is 27.4 Å². The number of aryl methyl sites for hydroxylation is 1. The molecule has 0 aliphatic carbocycles. The maximum absolute atomic E-state index is 11.4. The minimum absolute atomic E-state index is 0.0428. The predicted molar refractivity (Wildman–Crippen MR) is 52.7 cm³/mol. The van der Waals surface area contributed by atoms with E-state index in [9.17, 15) is 9.59 Å². The largest absolute Gasteiger partial charge is 0.461 e. The smallest absolute Gasteiger partial charge is 0.360 e. The molecule has 1 aromatic rings. The van der Waals surface area contributed by atoms with E-state index in [2.05, 4.69) is 5.16 Å². The zero-order chi connectivity index (χ0) is 12.1. The molecule has 1 aromatic heterocycles. The molecule has 6 heteroatoms. The Hall–Kier alpha value is -1.85. The van der Waals surface area contributed by atoms with Crippen molar-refractivity contribution in [3.8, 4) is 0 Å². The van der Waals surface area contributed by atoms with Gasteiger partial charge in [-0.3, -0.25) is 4.79 Å². The zero-order valence-corrected chi connectivity index (χ0v) is 9.40. The van der Waals surface area contributed by atoms with Crippen LogP contribution in [0.5, 0.6) is 0 Å². The van der Waals surface area contributed by atoms with Crippen molar-refractivity contribution >= 4 is 11.9 Å². The summed E-state index contributed by atoms with van der Waals surface area (Å²) in [5.74, 6) is -0.582. The van der Waals surface area contributed by atoms with Gasteiger partial charge in [0.05, 0.1) is 12.2 Å². The third kappa shape index (κ3) is 2.82. The maximum atomic E-state index is 11.4. The van der Waals surface area contributed by atoms with Crippen LogP contribution in [0.25, 0.3) is 0 Å². The minimum atomic E-state index is -0.582. The van der Waals surface area contributed by atoms with Gasteiger partial charge in [0, 0.05) is 6.92 Å².